The Balaban J connectivity index is 1.72. The Morgan fingerprint density at radius 1 is 1.26 bits per heavy atom. The molecule has 3 rings (SSSR count). The van der Waals surface area contributed by atoms with Crippen LogP contribution in [0.3, 0.4) is 0 Å². The van der Waals surface area contributed by atoms with E-state index in [1.54, 1.807) is 17.8 Å². The molecule has 0 bridgehead atoms. The average molecular weight is 328 g/mol. The van der Waals surface area contributed by atoms with E-state index in [0.29, 0.717) is 5.75 Å². The number of carboxylic acid groups (broad SMARTS) is 1. The van der Waals surface area contributed by atoms with Gasteiger partial charge >= 0.3 is 5.97 Å². The lowest BCUT2D eigenvalue weighted by atomic mass is 10.1. The van der Waals surface area contributed by atoms with Crippen molar-refractivity contribution in [2.45, 2.75) is 17.8 Å². The maximum atomic E-state index is 10.6. The molecule has 5 nitrogen and oxygen atoms in total. The number of aromatic amines is 1. The number of aliphatic carboxylic acids is 1. The third kappa shape index (κ3) is 3.65. The van der Waals surface area contributed by atoms with Gasteiger partial charge in [0.05, 0.1) is 11.0 Å². The number of H-pyrrole nitrogens is 1. The van der Waals surface area contributed by atoms with Gasteiger partial charge in [-0.2, -0.15) is 0 Å². The number of carboxylic acids is 1. The van der Waals surface area contributed by atoms with Crippen LogP contribution < -0.4 is 4.74 Å². The lowest BCUT2D eigenvalue weighted by molar-refractivity contribution is -0.139. The number of aromatic nitrogens is 2. The first-order chi connectivity index (χ1) is 11.1. The summed E-state index contributed by atoms with van der Waals surface area (Å²) < 4.78 is 5.31. The standard InChI is InChI=1S/C17H16N2O3S/c1-11-12(5-4-8-15(11)22-9-16(20)21)10-23-17-18-13-6-2-3-7-14(13)19-17/h2-8H,9-10H2,1H3,(H,18,19)(H,20,21). The largest absolute Gasteiger partial charge is 0.482 e. The summed E-state index contributed by atoms with van der Waals surface area (Å²) in [6, 6.07) is 13.6. The zero-order chi connectivity index (χ0) is 16.2. The third-order valence-electron chi connectivity index (χ3n) is 3.48. The fraction of sp³-hybridized carbons (Fsp3) is 0.176. The van der Waals surface area contributed by atoms with E-state index in [1.165, 1.54) is 0 Å². The van der Waals surface area contributed by atoms with Crippen molar-refractivity contribution in [3.8, 4) is 5.75 Å². The Morgan fingerprint density at radius 2 is 2.09 bits per heavy atom. The Morgan fingerprint density at radius 3 is 2.87 bits per heavy atom. The number of benzene rings is 2. The van der Waals surface area contributed by atoms with Crippen LogP contribution in [-0.4, -0.2) is 27.7 Å². The van der Waals surface area contributed by atoms with E-state index in [9.17, 15) is 4.79 Å². The summed E-state index contributed by atoms with van der Waals surface area (Å²) in [5.74, 6) is 0.359. The molecule has 0 saturated carbocycles. The Kier molecular flexibility index (Phi) is 4.52. The van der Waals surface area contributed by atoms with Gasteiger partial charge in [-0.05, 0) is 36.2 Å². The fourth-order valence-electron chi connectivity index (χ4n) is 2.26. The number of nitrogens with one attached hydrogen (secondary N) is 1. The maximum absolute atomic E-state index is 10.6. The van der Waals surface area contributed by atoms with Crippen LogP contribution in [0.2, 0.25) is 0 Å². The smallest absolute Gasteiger partial charge is 0.341 e. The Labute approximate surface area is 137 Å². The number of nitrogens with zero attached hydrogens (tertiary/aromatic N) is 1. The molecular formula is C17H16N2O3S. The predicted octanol–water partition coefficient (Wildman–Crippen LogP) is 3.63. The van der Waals surface area contributed by atoms with Gasteiger partial charge < -0.3 is 14.8 Å². The number of thioether (sulfide) groups is 1. The minimum Gasteiger partial charge on any atom is -0.482 e. The molecule has 0 unspecified atom stereocenters. The molecule has 3 aromatic rings. The molecule has 2 N–H and O–H groups in total. The fourth-order valence-corrected chi connectivity index (χ4v) is 3.21. The zero-order valence-corrected chi connectivity index (χ0v) is 13.4. The van der Waals surface area contributed by atoms with Crippen LogP contribution in [-0.2, 0) is 10.5 Å². The molecule has 0 aliphatic heterocycles. The van der Waals surface area contributed by atoms with Crippen LogP contribution in [0.4, 0.5) is 0 Å². The number of fused-ring (bicyclic) bond motifs is 1. The van der Waals surface area contributed by atoms with Crippen LogP contribution in [0.25, 0.3) is 11.0 Å². The highest BCUT2D eigenvalue weighted by Gasteiger charge is 2.09. The van der Waals surface area contributed by atoms with Crippen molar-refractivity contribution in [3.05, 3.63) is 53.6 Å². The SMILES string of the molecule is Cc1c(CSc2nc3ccccc3[nH]2)cccc1OCC(=O)O. The molecule has 1 aromatic heterocycles. The van der Waals surface area contributed by atoms with Crippen molar-refractivity contribution in [1.82, 2.24) is 9.97 Å². The van der Waals surface area contributed by atoms with Gasteiger partial charge in [-0.15, -0.1) is 0 Å². The summed E-state index contributed by atoms with van der Waals surface area (Å²) >= 11 is 1.61. The topological polar surface area (TPSA) is 75.2 Å². The highest BCUT2D eigenvalue weighted by Crippen LogP contribution is 2.28. The third-order valence-corrected chi connectivity index (χ3v) is 4.40. The van der Waals surface area contributed by atoms with Crippen molar-refractivity contribution in [1.29, 1.82) is 0 Å². The first kappa shape index (κ1) is 15.4. The minimum atomic E-state index is -0.980. The van der Waals surface area contributed by atoms with Crippen molar-refractivity contribution >= 4 is 28.8 Å². The average Bonchev–Trinajstić information content (AvgIpc) is 2.95. The highest BCUT2D eigenvalue weighted by atomic mass is 32.2. The van der Waals surface area contributed by atoms with Crippen molar-refractivity contribution in [2.75, 3.05) is 6.61 Å². The molecule has 0 saturated heterocycles. The summed E-state index contributed by atoms with van der Waals surface area (Å²) in [5.41, 5.74) is 4.02. The van der Waals surface area contributed by atoms with Crippen LogP contribution in [0.1, 0.15) is 11.1 Å². The number of carbonyl (C=O) groups is 1. The molecule has 6 heteroatoms. The predicted molar refractivity (Wildman–Crippen MR) is 90.0 cm³/mol. The Hall–Kier alpha value is -2.47. The van der Waals surface area contributed by atoms with E-state index in [0.717, 1.165) is 33.1 Å². The molecule has 23 heavy (non-hydrogen) atoms. The van der Waals surface area contributed by atoms with E-state index in [2.05, 4.69) is 9.97 Å². The lowest BCUT2D eigenvalue weighted by Gasteiger charge is -2.10. The van der Waals surface area contributed by atoms with Gasteiger partial charge in [0.1, 0.15) is 5.75 Å². The molecule has 0 aliphatic rings. The van der Waals surface area contributed by atoms with Gasteiger partial charge in [0.15, 0.2) is 11.8 Å². The van der Waals surface area contributed by atoms with Crippen LogP contribution in [0.5, 0.6) is 5.75 Å². The molecule has 0 amide bonds. The van der Waals surface area contributed by atoms with Gasteiger partial charge in [-0.1, -0.05) is 36.0 Å². The maximum Gasteiger partial charge on any atom is 0.341 e. The summed E-state index contributed by atoms with van der Waals surface area (Å²) in [5, 5.41) is 9.58. The summed E-state index contributed by atoms with van der Waals surface area (Å²) in [6.07, 6.45) is 0. The molecule has 0 atom stereocenters. The van der Waals surface area contributed by atoms with E-state index >= 15 is 0 Å². The first-order valence-electron chi connectivity index (χ1n) is 7.14. The van der Waals surface area contributed by atoms with E-state index < -0.39 is 5.97 Å². The van der Waals surface area contributed by atoms with Crippen molar-refractivity contribution in [2.24, 2.45) is 0 Å². The van der Waals surface area contributed by atoms with Crippen molar-refractivity contribution < 1.29 is 14.6 Å². The van der Waals surface area contributed by atoms with Gasteiger partial charge in [0.25, 0.3) is 0 Å². The van der Waals surface area contributed by atoms with Gasteiger partial charge in [-0.3, -0.25) is 0 Å². The quantitative estimate of drug-likeness (QED) is 0.676. The van der Waals surface area contributed by atoms with E-state index in [1.807, 2.05) is 43.3 Å². The number of imidazole rings is 1. The van der Waals surface area contributed by atoms with Crippen LogP contribution in [0, 0.1) is 6.92 Å². The number of ether oxygens (including phenoxy) is 1. The summed E-state index contributed by atoms with van der Waals surface area (Å²) in [6.45, 7) is 1.60. The Bertz CT molecular complexity index is 812. The molecule has 1 heterocycles. The molecule has 0 aliphatic carbocycles. The highest BCUT2D eigenvalue weighted by molar-refractivity contribution is 7.98. The molecule has 0 fully saturated rings. The minimum absolute atomic E-state index is 0.332. The van der Waals surface area contributed by atoms with Gasteiger partial charge in [-0.25, -0.2) is 9.78 Å². The van der Waals surface area contributed by atoms with Gasteiger partial charge in [0, 0.05) is 5.75 Å². The number of rotatable bonds is 6. The summed E-state index contributed by atoms with van der Waals surface area (Å²) in [7, 11) is 0. The molecule has 2 aromatic carbocycles. The number of para-hydroxylation sites is 2. The molecule has 118 valence electrons. The second-order valence-electron chi connectivity index (χ2n) is 5.07. The number of hydrogen-bond donors (Lipinski definition) is 2. The zero-order valence-electron chi connectivity index (χ0n) is 12.6. The number of hydrogen-bond acceptors (Lipinski definition) is 4. The first-order valence-corrected chi connectivity index (χ1v) is 8.12. The molecular weight excluding hydrogens is 312 g/mol. The monoisotopic (exact) mass is 328 g/mol. The van der Waals surface area contributed by atoms with Gasteiger partial charge in [0.2, 0.25) is 0 Å². The van der Waals surface area contributed by atoms with Crippen molar-refractivity contribution in [3.63, 3.8) is 0 Å². The van der Waals surface area contributed by atoms with Crippen LogP contribution in [0.15, 0.2) is 47.6 Å². The second kappa shape index (κ2) is 6.75. The summed E-state index contributed by atoms with van der Waals surface area (Å²) in [4.78, 5) is 18.4. The second-order valence-corrected chi connectivity index (χ2v) is 6.03. The van der Waals surface area contributed by atoms with E-state index in [-0.39, 0.29) is 6.61 Å². The van der Waals surface area contributed by atoms with Crippen LogP contribution >= 0.6 is 11.8 Å². The normalized spacial score (nSPS) is 10.8. The lowest BCUT2D eigenvalue weighted by Crippen LogP contribution is -2.10. The van der Waals surface area contributed by atoms with E-state index in [4.69, 9.17) is 9.84 Å². The molecule has 0 spiro atoms. The molecule has 0 radical (unpaired) electrons.